The molecule has 4 heteroatoms. The Kier molecular flexibility index (Phi) is 3.36. The molecular formula is C14H17NO3. The number of methoxy groups -OCH3 is 1. The predicted molar refractivity (Wildman–Crippen MR) is 67.3 cm³/mol. The van der Waals surface area contributed by atoms with Gasteiger partial charge in [-0.25, -0.2) is 4.79 Å². The topological polar surface area (TPSA) is 55.4 Å². The van der Waals surface area contributed by atoms with Crippen molar-refractivity contribution in [3.8, 4) is 0 Å². The minimum atomic E-state index is -0.785. The summed E-state index contributed by atoms with van der Waals surface area (Å²) >= 11 is 0. The molecule has 1 saturated carbocycles. The molecule has 0 aromatic heterocycles. The van der Waals surface area contributed by atoms with E-state index in [1.807, 2.05) is 25.1 Å². The van der Waals surface area contributed by atoms with E-state index < -0.39 is 5.54 Å². The van der Waals surface area contributed by atoms with Crippen molar-refractivity contribution in [3.63, 3.8) is 0 Å². The number of carbonyl (C=O) groups excluding carboxylic acids is 2. The van der Waals surface area contributed by atoms with Gasteiger partial charge in [0, 0.05) is 5.56 Å². The lowest BCUT2D eigenvalue weighted by Crippen LogP contribution is -2.44. The van der Waals surface area contributed by atoms with Crippen LogP contribution < -0.4 is 5.32 Å². The Morgan fingerprint density at radius 1 is 1.33 bits per heavy atom. The highest BCUT2D eigenvalue weighted by Gasteiger charge is 2.52. The summed E-state index contributed by atoms with van der Waals surface area (Å²) in [6.07, 6.45) is 2.09. The molecule has 0 heterocycles. The highest BCUT2D eigenvalue weighted by atomic mass is 16.5. The summed E-state index contributed by atoms with van der Waals surface area (Å²) in [6, 6.07) is 7.43. The maximum atomic E-state index is 12.2. The quantitative estimate of drug-likeness (QED) is 0.824. The standard InChI is InChI=1S/C14H17NO3/c1-3-10-6-4-5-7-11(10)12(16)15-14(8-9-14)13(17)18-2/h4-7H,3,8-9H2,1-2H3,(H,15,16). The molecule has 1 amide bonds. The zero-order valence-electron chi connectivity index (χ0n) is 10.7. The minimum absolute atomic E-state index is 0.199. The molecule has 0 aliphatic heterocycles. The number of rotatable bonds is 4. The highest BCUT2D eigenvalue weighted by molar-refractivity contribution is 6.00. The van der Waals surface area contributed by atoms with Crippen LogP contribution in [0, 0.1) is 0 Å². The number of ether oxygens (including phenoxy) is 1. The SMILES string of the molecule is CCc1ccccc1C(=O)NC1(C(=O)OC)CC1. The second-order valence-corrected chi connectivity index (χ2v) is 4.54. The van der Waals surface area contributed by atoms with Crippen LogP contribution in [0.4, 0.5) is 0 Å². The molecule has 0 spiro atoms. The van der Waals surface area contributed by atoms with E-state index in [9.17, 15) is 9.59 Å². The van der Waals surface area contributed by atoms with Gasteiger partial charge in [-0.1, -0.05) is 25.1 Å². The van der Waals surface area contributed by atoms with Crippen molar-refractivity contribution < 1.29 is 14.3 Å². The number of esters is 1. The van der Waals surface area contributed by atoms with Crippen molar-refractivity contribution in [2.24, 2.45) is 0 Å². The van der Waals surface area contributed by atoms with Gasteiger partial charge in [-0.15, -0.1) is 0 Å². The summed E-state index contributed by atoms with van der Waals surface area (Å²) in [6.45, 7) is 2.00. The summed E-state index contributed by atoms with van der Waals surface area (Å²) < 4.78 is 4.72. The van der Waals surface area contributed by atoms with Gasteiger partial charge in [-0.05, 0) is 30.9 Å². The largest absolute Gasteiger partial charge is 0.467 e. The van der Waals surface area contributed by atoms with Crippen LogP contribution in [0.15, 0.2) is 24.3 Å². The van der Waals surface area contributed by atoms with E-state index in [1.54, 1.807) is 6.07 Å². The number of hydrogen-bond acceptors (Lipinski definition) is 3. The maximum absolute atomic E-state index is 12.2. The Morgan fingerprint density at radius 3 is 2.56 bits per heavy atom. The van der Waals surface area contributed by atoms with Crippen molar-refractivity contribution in [1.82, 2.24) is 5.32 Å². The Labute approximate surface area is 106 Å². The molecule has 0 radical (unpaired) electrons. The fourth-order valence-corrected chi connectivity index (χ4v) is 2.04. The third kappa shape index (κ3) is 2.23. The van der Waals surface area contributed by atoms with Crippen LogP contribution in [0.25, 0.3) is 0 Å². The zero-order chi connectivity index (χ0) is 13.2. The molecular weight excluding hydrogens is 230 g/mol. The number of amides is 1. The Balaban J connectivity index is 2.16. The molecule has 1 N–H and O–H groups in total. The molecule has 96 valence electrons. The molecule has 0 atom stereocenters. The van der Waals surface area contributed by atoms with Crippen molar-refractivity contribution >= 4 is 11.9 Å². The monoisotopic (exact) mass is 247 g/mol. The van der Waals surface area contributed by atoms with Gasteiger partial charge in [0.1, 0.15) is 5.54 Å². The van der Waals surface area contributed by atoms with E-state index in [4.69, 9.17) is 4.74 Å². The average Bonchev–Trinajstić information content (AvgIpc) is 3.18. The van der Waals surface area contributed by atoms with Gasteiger partial charge < -0.3 is 10.1 Å². The van der Waals surface area contributed by atoms with Crippen LogP contribution >= 0.6 is 0 Å². The van der Waals surface area contributed by atoms with E-state index in [1.165, 1.54) is 7.11 Å². The third-order valence-corrected chi connectivity index (χ3v) is 3.32. The predicted octanol–water partition coefficient (Wildman–Crippen LogP) is 1.68. The zero-order valence-corrected chi connectivity index (χ0v) is 10.7. The van der Waals surface area contributed by atoms with Gasteiger partial charge >= 0.3 is 5.97 Å². The van der Waals surface area contributed by atoms with Crippen molar-refractivity contribution in [1.29, 1.82) is 0 Å². The minimum Gasteiger partial charge on any atom is -0.467 e. The molecule has 18 heavy (non-hydrogen) atoms. The molecule has 1 aromatic carbocycles. The van der Waals surface area contributed by atoms with Gasteiger partial charge in [-0.3, -0.25) is 4.79 Å². The van der Waals surface area contributed by atoms with Crippen LogP contribution in [0.2, 0.25) is 0 Å². The van der Waals surface area contributed by atoms with E-state index in [0.717, 1.165) is 12.0 Å². The van der Waals surface area contributed by atoms with Gasteiger partial charge in [0.25, 0.3) is 5.91 Å². The van der Waals surface area contributed by atoms with Crippen LogP contribution in [0.3, 0.4) is 0 Å². The normalized spacial score (nSPS) is 15.9. The number of nitrogens with one attached hydrogen (secondary N) is 1. The fourth-order valence-electron chi connectivity index (χ4n) is 2.04. The first-order chi connectivity index (χ1) is 8.63. The van der Waals surface area contributed by atoms with Gasteiger partial charge in [0.2, 0.25) is 0 Å². The molecule has 1 fully saturated rings. The molecule has 2 rings (SSSR count). The molecule has 0 bridgehead atoms. The summed E-state index contributed by atoms with van der Waals surface area (Å²) in [7, 11) is 1.34. The summed E-state index contributed by atoms with van der Waals surface area (Å²) in [5.74, 6) is -0.555. The maximum Gasteiger partial charge on any atom is 0.331 e. The number of hydrogen-bond donors (Lipinski definition) is 1. The van der Waals surface area contributed by atoms with Crippen LogP contribution in [-0.4, -0.2) is 24.5 Å². The Morgan fingerprint density at radius 2 is 2.00 bits per heavy atom. The van der Waals surface area contributed by atoms with Gasteiger partial charge in [0.05, 0.1) is 7.11 Å². The Hall–Kier alpha value is -1.84. The molecule has 1 aromatic rings. The molecule has 0 saturated heterocycles. The van der Waals surface area contributed by atoms with Gasteiger partial charge in [0.15, 0.2) is 0 Å². The van der Waals surface area contributed by atoms with Gasteiger partial charge in [-0.2, -0.15) is 0 Å². The number of carbonyl (C=O) groups is 2. The lowest BCUT2D eigenvalue weighted by Gasteiger charge is -2.16. The second kappa shape index (κ2) is 4.80. The first-order valence-electron chi connectivity index (χ1n) is 6.12. The average molecular weight is 247 g/mol. The first-order valence-corrected chi connectivity index (χ1v) is 6.12. The van der Waals surface area contributed by atoms with Crippen molar-refractivity contribution in [3.05, 3.63) is 35.4 Å². The van der Waals surface area contributed by atoms with Crippen LogP contribution in [0.1, 0.15) is 35.7 Å². The van der Waals surface area contributed by atoms with Crippen molar-refractivity contribution in [2.75, 3.05) is 7.11 Å². The van der Waals surface area contributed by atoms with Crippen LogP contribution in [0.5, 0.6) is 0 Å². The first kappa shape index (κ1) is 12.6. The smallest absolute Gasteiger partial charge is 0.331 e. The van der Waals surface area contributed by atoms with Crippen molar-refractivity contribution in [2.45, 2.75) is 31.7 Å². The molecule has 0 unspecified atom stereocenters. The van der Waals surface area contributed by atoms with E-state index in [0.29, 0.717) is 18.4 Å². The van der Waals surface area contributed by atoms with E-state index in [2.05, 4.69) is 5.32 Å². The molecule has 1 aliphatic carbocycles. The second-order valence-electron chi connectivity index (χ2n) is 4.54. The van der Waals surface area contributed by atoms with E-state index >= 15 is 0 Å². The number of benzene rings is 1. The Bertz CT molecular complexity index is 478. The summed E-state index contributed by atoms with van der Waals surface area (Å²) in [5.41, 5.74) is 0.831. The van der Waals surface area contributed by atoms with E-state index in [-0.39, 0.29) is 11.9 Å². The number of aryl methyl sites for hydroxylation is 1. The fraction of sp³-hybridized carbons (Fsp3) is 0.429. The summed E-state index contributed by atoms with van der Waals surface area (Å²) in [5, 5.41) is 2.80. The third-order valence-electron chi connectivity index (χ3n) is 3.32. The lowest BCUT2D eigenvalue weighted by molar-refractivity contribution is -0.144. The van der Waals surface area contributed by atoms with Crippen LogP contribution in [-0.2, 0) is 16.0 Å². The lowest BCUT2D eigenvalue weighted by atomic mass is 10.0. The highest BCUT2D eigenvalue weighted by Crippen LogP contribution is 2.36. The molecule has 4 nitrogen and oxygen atoms in total. The molecule has 1 aliphatic rings. The summed E-state index contributed by atoms with van der Waals surface area (Å²) in [4.78, 5) is 23.8.